The number of rotatable bonds is 4. The van der Waals surface area contributed by atoms with E-state index in [2.05, 4.69) is 0 Å². The number of ether oxygens (including phenoxy) is 1. The number of likely N-dealkylation sites (N-methyl/N-ethyl adjacent to an activating group) is 1. The normalized spacial score (nSPS) is 9.85. The smallest absolute Gasteiger partial charge is 0.340 e. The highest BCUT2D eigenvalue weighted by atomic mass is 16.5. The predicted octanol–water partition coefficient (Wildman–Crippen LogP) is 0.439. The lowest BCUT2D eigenvalue weighted by atomic mass is 10.3. The third kappa shape index (κ3) is 5.08. The van der Waals surface area contributed by atoms with Crippen LogP contribution >= 0.6 is 0 Å². The summed E-state index contributed by atoms with van der Waals surface area (Å²) in [6.45, 7) is 2.12. The van der Waals surface area contributed by atoms with E-state index in [0.717, 1.165) is 0 Å². The molecule has 0 atom stereocenters. The molecule has 0 aliphatic heterocycles. The fraction of sp³-hybridized carbons (Fsp3) is 0.625. The number of aliphatic hydroxyl groups excluding tert-OH is 1. The second kappa shape index (κ2) is 5.42. The van der Waals surface area contributed by atoms with Crippen LogP contribution in [0.4, 0.5) is 0 Å². The molecule has 5 nitrogen and oxygen atoms in total. The van der Waals surface area contributed by atoms with Crippen LogP contribution in [-0.2, 0) is 9.53 Å². The van der Waals surface area contributed by atoms with E-state index in [4.69, 9.17) is 14.9 Å². The molecule has 0 fully saturated rings. The standard InChI is InChI=1S/C8H15NO4/c1-6(7(10)11)8(12)13-5-4-9(2)3/h10-11H,4-5H2,1-3H3. The van der Waals surface area contributed by atoms with Crippen LogP contribution in [0.15, 0.2) is 11.5 Å². The van der Waals surface area contributed by atoms with E-state index in [0.29, 0.717) is 6.54 Å². The zero-order valence-corrected chi connectivity index (χ0v) is 8.07. The Hall–Kier alpha value is -1.23. The minimum absolute atomic E-state index is 0.182. The van der Waals surface area contributed by atoms with Gasteiger partial charge in [0, 0.05) is 6.54 Å². The molecule has 0 saturated carbocycles. The topological polar surface area (TPSA) is 70.0 Å². The van der Waals surface area contributed by atoms with Crippen molar-refractivity contribution in [3.8, 4) is 0 Å². The molecule has 0 aromatic carbocycles. The number of carbonyl (C=O) groups is 1. The zero-order chi connectivity index (χ0) is 10.4. The minimum Gasteiger partial charge on any atom is -0.481 e. The maximum atomic E-state index is 10.9. The number of carbonyl (C=O) groups excluding carboxylic acids is 1. The third-order valence-corrected chi connectivity index (χ3v) is 1.41. The lowest BCUT2D eigenvalue weighted by molar-refractivity contribution is -0.139. The molecule has 0 unspecified atom stereocenters. The second-order valence-electron chi connectivity index (χ2n) is 2.89. The summed E-state index contributed by atoms with van der Waals surface area (Å²) in [7, 11) is 3.69. The predicted molar refractivity (Wildman–Crippen MR) is 47.5 cm³/mol. The molecule has 0 aliphatic rings. The number of aliphatic hydroxyl groups is 2. The lowest BCUT2D eigenvalue weighted by Gasteiger charge is -2.09. The van der Waals surface area contributed by atoms with Gasteiger partial charge >= 0.3 is 5.97 Å². The van der Waals surface area contributed by atoms with Gasteiger partial charge in [0.1, 0.15) is 12.2 Å². The molecule has 0 rings (SSSR count). The summed E-state index contributed by atoms with van der Waals surface area (Å²) in [4.78, 5) is 12.8. The van der Waals surface area contributed by atoms with Gasteiger partial charge in [0.05, 0.1) is 0 Å². The highest BCUT2D eigenvalue weighted by Gasteiger charge is 2.10. The average Bonchev–Trinajstić information content (AvgIpc) is 2.02. The average molecular weight is 189 g/mol. The Morgan fingerprint density at radius 1 is 1.38 bits per heavy atom. The van der Waals surface area contributed by atoms with Crippen LogP contribution in [0.3, 0.4) is 0 Å². The van der Waals surface area contributed by atoms with Crippen LogP contribution in [0.2, 0.25) is 0 Å². The van der Waals surface area contributed by atoms with Crippen molar-refractivity contribution in [3.63, 3.8) is 0 Å². The van der Waals surface area contributed by atoms with Gasteiger partial charge in [-0.15, -0.1) is 0 Å². The van der Waals surface area contributed by atoms with Crippen molar-refractivity contribution in [2.24, 2.45) is 0 Å². The van der Waals surface area contributed by atoms with Crippen molar-refractivity contribution in [2.75, 3.05) is 27.2 Å². The monoisotopic (exact) mass is 189 g/mol. The third-order valence-electron chi connectivity index (χ3n) is 1.41. The molecule has 0 amide bonds. The largest absolute Gasteiger partial charge is 0.481 e. The molecule has 5 heteroatoms. The van der Waals surface area contributed by atoms with Crippen molar-refractivity contribution < 1.29 is 19.7 Å². The Labute approximate surface area is 77.2 Å². The Bertz CT molecular complexity index is 206. The summed E-state index contributed by atoms with van der Waals surface area (Å²) in [5, 5.41) is 17.0. The summed E-state index contributed by atoms with van der Waals surface area (Å²) in [6.07, 6.45) is 0. The molecule has 0 radical (unpaired) electrons. The zero-order valence-electron chi connectivity index (χ0n) is 8.07. The van der Waals surface area contributed by atoms with Gasteiger partial charge < -0.3 is 19.8 Å². The fourth-order valence-electron chi connectivity index (χ4n) is 0.520. The Morgan fingerprint density at radius 2 is 1.92 bits per heavy atom. The van der Waals surface area contributed by atoms with Crippen LogP contribution in [0, 0.1) is 0 Å². The van der Waals surface area contributed by atoms with E-state index < -0.39 is 11.9 Å². The summed E-state index contributed by atoms with van der Waals surface area (Å²) in [6, 6.07) is 0. The van der Waals surface area contributed by atoms with Gasteiger partial charge in [-0.3, -0.25) is 0 Å². The van der Waals surface area contributed by atoms with E-state index in [-0.39, 0.29) is 12.2 Å². The fourth-order valence-corrected chi connectivity index (χ4v) is 0.520. The van der Waals surface area contributed by atoms with Gasteiger partial charge in [-0.1, -0.05) is 0 Å². The van der Waals surface area contributed by atoms with Crippen molar-refractivity contribution in [1.29, 1.82) is 0 Å². The summed E-state index contributed by atoms with van der Waals surface area (Å²) in [5.74, 6) is -1.70. The van der Waals surface area contributed by atoms with Crippen molar-refractivity contribution in [3.05, 3.63) is 11.5 Å². The number of nitrogens with zero attached hydrogens (tertiary/aromatic N) is 1. The van der Waals surface area contributed by atoms with E-state index in [1.54, 1.807) is 0 Å². The van der Waals surface area contributed by atoms with E-state index in [1.165, 1.54) is 6.92 Å². The van der Waals surface area contributed by atoms with E-state index >= 15 is 0 Å². The van der Waals surface area contributed by atoms with Gasteiger partial charge in [0.25, 0.3) is 5.95 Å². The minimum atomic E-state index is -0.991. The lowest BCUT2D eigenvalue weighted by Crippen LogP contribution is -2.20. The summed E-state index contributed by atoms with van der Waals surface area (Å²) >= 11 is 0. The second-order valence-corrected chi connectivity index (χ2v) is 2.89. The molecule has 13 heavy (non-hydrogen) atoms. The molecular formula is C8H15NO4. The first-order chi connectivity index (χ1) is 5.95. The first kappa shape index (κ1) is 11.8. The van der Waals surface area contributed by atoms with Crippen LogP contribution in [-0.4, -0.2) is 48.3 Å². The molecule has 0 heterocycles. The van der Waals surface area contributed by atoms with Gasteiger partial charge in [0.2, 0.25) is 0 Å². The van der Waals surface area contributed by atoms with Crippen molar-refractivity contribution in [2.45, 2.75) is 6.92 Å². The number of hydrogen-bond acceptors (Lipinski definition) is 5. The maximum Gasteiger partial charge on any atom is 0.340 e. The molecule has 0 aliphatic carbocycles. The maximum absolute atomic E-state index is 10.9. The van der Waals surface area contributed by atoms with E-state index in [1.807, 2.05) is 19.0 Å². The Kier molecular flexibility index (Phi) is 4.91. The van der Waals surface area contributed by atoms with Gasteiger partial charge in [0.15, 0.2) is 0 Å². The first-order valence-corrected chi connectivity index (χ1v) is 3.85. The van der Waals surface area contributed by atoms with Crippen LogP contribution in [0.1, 0.15) is 6.92 Å². The molecule has 0 aromatic heterocycles. The molecular weight excluding hydrogens is 174 g/mol. The van der Waals surface area contributed by atoms with Gasteiger partial charge in [-0.2, -0.15) is 0 Å². The molecule has 0 aromatic rings. The highest BCUT2D eigenvalue weighted by Crippen LogP contribution is 1.99. The quantitative estimate of drug-likeness (QED) is 0.381. The SMILES string of the molecule is CC(C(=O)OCCN(C)C)=C(O)O. The van der Waals surface area contributed by atoms with Crippen molar-refractivity contribution in [1.82, 2.24) is 4.90 Å². The number of esters is 1. The molecule has 0 bridgehead atoms. The van der Waals surface area contributed by atoms with Crippen LogP contribution in [0.25, 0.3) is 0 Å². The molecule has 0 saturated heterocycles. The first-order valence-electron chi connectivity index (χ1n) is 3.85. The Balaban J connectivity index is 3.83. The summed E-state index contributed by atoms with van der Waals surface area (Å²) in [5.41, 5.74) is -0.182. The molecule has 0 spiro atoms. The van der Waals surface area contributed by atoms with Crippen molar-refractivity contribution >= 4 is 5.97 Å². The van der Waals surface area contributed by atoms with Gasteiger partial charge in [-0.05, 0) is 21.0 Å². The summed E-state index contributed by atoms with van der Waals surface area (Å²) < 4.78 is 4.72. The van der Waals surface area contributed by atoms with Crippen LogP contribution < -0.4 is 0 Å². The molecule has 2 N–H and O–H groups in total. The van der Waals surface area contributed by atoms with E-state index in [9.17, 15) is 4.79 Å². The van der Waals surface area contributed by atoms with Crippen LogP contribution in [0.5, 0.6) is 0 Å². The highest BCUT2D eigenvalue weighted by molar-refractivity contribution is 5.87. The molecule has 76 valence electrons. The Morgan fingerprint density at radius 3 is 2.31 bits per heavy atom. The number of hydrogen-bond donors (Lipinski definition) is 2. The van der Waals surface area contributed by atoms with Gasteiger partial charge in [-0.25, -0.2) is 4.79 Å².